The van der Waals surface area contributed by atoms with Crippen LogP contribution in [0.5, 0.6) is 0 Å². The monoisotopic (exact) mass is 618 g/mol. The molecular weight excluding hydrogens is 555 g/mol. The molecule has 0 radical (unpaired) electrons. The number of hydrogen-bond donors (Lipinski definition) is 2. The van der Waals surface area contributed by atoms with Gasteiger partial charge in [0.25, 0.3) is 0 Å². The Morgan fingerprint density at radius 3 is 1.48 bits per heavy atom. The van der Waals surface area contributed by atoms with Crippen LogP contribution in [-0.2, 0) is 28.2 Å². The van der Waals surface area contributed by atoms with Crippen molar-refractivity contribution < 1.29 is 37.9 Å². The topological polar surface area (TPSA) is 119 Å². The van der Waals surface area contributed by atoms with E-state index in [1.807, 2.05) is 0 Å². The Morgan fingerprint density at radius 1 is 0.595 bits per heavy atom. The molecule has 0 saturated heterocycles. The third-order valence-corrected chi connectivity index (χ3v) is 7.77. The third kappa shape index (κ3) is 31.7. The van der Waals surface area contributed by atoms with Crippen molar-refractivity contribution in [3.8, 4) is 0 Å². The fraction of sp³-hybridized carbons (Fsp3) is 0.879. The summed E-state index contributed by atoms with van der Waals surface area (Å²) >= 11 is 0. The number of esters is 2. The molecule has 9 heteroatoms. The Labute approximate surface area is 257 Å². The normalized spacial score (nSPS) is 12.6. The summed E-state index contributed by atoms with van der Waals surface area (Å²) in [5, 5.41) is 0. The maximum atomic E-state index is 12.3. The second kappa shape index (κ2) is 29.8. The van der Waals surface area contributed by atoms with Crippen LogP contribution in [0.25, 0.3) is 0 Å². The Hall–Kier alpha value is -1.21. The van der Waals surface area contributed by atoms with Gasteiger partial charge in [-0.2, -0.15) is 0 Å². The van der Waals surface area contributed by atoms with E-state index in [1.165, 1.54) is 83.5 Å². The molecule has 0 rings (SSSR count). The molecular formula is C33H63O8P. The second-order valence-electron chi connectivity index (χ2n) is 11.5. The summed E-state index contributed by atoms with van der Waals surface area (Å²) in [6, 6.07) is 0. The van der Waals surface area contributed by atoms with Crippen LogP contribution in [0, 0.1) is 0 Å². The van der Waals surface area contributed by atoms with Crippen LogP contribution in [0.4, 0.5) is 0 Å². The minimum Gasteiger partial charge on any atom is -0.462 e. The van der Waals surface area contributed by atoms with E-state index in [9.17, 15) is 14.2 Å². The third-order valence-electron chi connectivity index (χ3n) is 7.28. The average molecular weight is 619 g/mol. The average Bonchev–Trinajstić information content (AvgIpc) is 2.95. The standard InChI is InChI=1S/C33H63O8P/c1-3-5-7-9-11-13-15-16-18-20-22-24-26-28-33(35)41-31(30-40-42(36,37)38)29-39-32(34)27-25-23-21-19-17-14-12-10-8-6-4-2/h13,15,31H,3-12,14,16-30H2,1-2H3,(H2,36,37,38)/b15-13-. The van der Waals surface area contributed by atoms with E-state index in [0.717, 1.165) is 51.4 Å². The summed E-state index contributed by atoms with van der Waals surface area (Å²) in [4.78, 5) is 42.5. The number of phosphoric acid groups is 1. The predicted molar refractivity (Wildman–Crippen MR) is 170 cm³/mol. The first-order valence-corrected chi connectivity index (χ1v) is 18.5. The minimum atomic E-state index is -4.74. The molecule has 0 aliphatic rings. The van der Waals surface area contributed by atoms with Crippen LogP contribution in [0.3, 0.4) is 0 Å². The van der Waals surface area contributed by atoms with E-state index >= 15 is 0 Å². The molecule has 0 heterocycles. The van der Waals surface area contributed by atoms with Crippen LogP contribution >= 0.6 is 7.82 Å². The number of allylic oxidation sites excluding steroid dienone is 2. The highest BCUT2D eigenvalue weighted by Crippen LogP contribution is 2.35. The lowest BCUT2D eigenvalue weighted by Crippen LogP contribution is -2.29. The van der Waals surface area contributed by atoms with Gasteiger partial charge in [0.15, 0.2) is 6.10 Å². The molecule has 2 N–H and O–H groups in total. The SMILES string of the molecule is CCCCCC/C=C\CCCCCCCC(=O)OC(COC(=O)CCCCCCCCCCCCC)COP(=O)(O)O. The molecule has 0 saturated carbocycles. The van der Waals surface area contributed by atoms with E-state index < -0.39 is 32.5 Å². The molecule has 248 valence electrons. The fourth-order valence-corrected chi connectivity index (χ4v) is 5.08. The summed E-state index contributed by atoms with van der Waals surface area (Å²) < 4.78 is 26.2. The fourth-order valence-electron chi connectivity index (χ4n) is 4.72. The summed E-state index contributed by atoms with van der Waals surface area (Å²) in [5.74, 6) is -0.892. The first-order valence-electron chi connectivity index (χ1n) is 17.0. The van der Waals surface area contributed by atoms with Crippen LogP contribution < -0.4 is 0 Å². The van der Waals surface area contributed by atoms with Crippen LogP contribution in [0.2, 0.25) is 0 Å². The van der Waals surface area contributed by atoms with Crippen molar-refractivity contribution in [3.63, 3.8) is 0 Å². The molecule has 0 spiro atoms. The van der Waals surface area contributed by atoms with E-state index in [1.54, 1.807) is 0 Å². The molecule has 0 bridgehead atoms. The molecule has 0 aromatic carbocycles. The first-order chi connectivity index (χ1) is 20.3. The molecule has 42 heavy (non-hydrogen) atoms. The Balaban J connectivity index is 4.02. The number of phosphoric ester groups is 1. The van der Waals surface area contributed by atoms with Gasteiger partial charge in [-0.05, 0) is 38.5 Å². The molecule has 8 nitrogen and oxygen atoms in total. The van der Waals surface area contributed by atoms with Crippen molar-refractivity contribution >= 4 is 19.8 Å². The zero-order valence-electron chi connectivity index (χ0n) is 26.9. The number of carbonyl (C=O) groups excluding carboxylic acids is 2. The summed E-state index contributed by atoms with van der Waals surface area (Å²) in [5.41, 5.74) is 0. The van der Waals surface area contributed by atoms with E-state index in [0.29, 0.717) is 6.42 Å². The van der Waals surface area contributed by atoms with Gasteiger partial charge in [-0.3, -0.25) is 14.1 Å². The number of rotatable bonds is 31. The highest BCUT2D eigenvalue weighted by atomic mass is 31.2. The van der Waals surface area contributed by atoms with E-state index in [2.05, 4.69) is 30.5 Å². The molecule has 0 amide bonds. The van der Waals surface area contributed by atoms with Crippen molar-refractivity contribution in [3.05, 3.63) is 12.2 Å². The smallest absolute Gasteiger partial charge is 0.462 e. The molecule has 1 atom stereocenters. The molecule has 1 unspecified atom stereocenters. The van der Waals surface area contributed by atoms with Crippen molar-refractivity contribution in [2.45, 2.75) is 174 Å². The Bertz CT molecular complexity index is 706. The van der Waals surface area contributed by atoms with Crippen molar-refractivity contribution in [2.75, 3.05) is 13.2 Å². The van der Waals surface area contributed by atoms with Gasteiger partial charge in [0.1, 0.15) is 6.61 Å². The van der Waals surface area contributed by atoms with Crippen molar-refractivity contribution in [1.29, 1.82) is 0 Å². The van der Waals surface area contributed by atoms with Crippen LogP contribution in [-0.4, -0.2) is 41.0 Å². The lowest BCUT2D eigenvalue weighted by atomic mass is 10.1. The van der Waals surface area contributed by atoms with Gasteiger partial charge in [-0.1, -0.05) is 129 Å². The molecule has 0 fully saturated rings. The van der Waals surface area contributed by atoms with Gasteiger partial charge < -0.3 is 19.3 Å². The molecule has 0 aromatic rings. The van der Waals surface area contributed by atoms with Gasteiger partial charge in [0.2, 0.25) is 0 Å². The van der Waals surface area contributed by atoms with E-state index in [4.69, 9.17) is 19.3 Å². The Morgan fingerprint density at radius 2 is 1.00 bits per heavy atom. The molecule has 0 aromatic heterocycles. The largest absolute Gasteiger partial charge is 0.469 e. The number of carbonyl (C=O) groups is 2. The van der Waals surface area contributed by atoms with Gasteiger partial charge in [-0.25, -0.2) is 4.57 Å². The van der Waals surface area contributed by atoms with Crippen LogP contribution in [0.1, 0.15) is 168 Å². The van der Waals surface area contributed by atoms with Gasteiger partial charge in [0.05, 0.1) is 6.61 Å². The number of unbranched alkanes of at least 4 members (excludes halogenated alkanes) is 19. The number of hydrogen-bond acceptors (Lipinski definition) is 6. The summed E-state index contributed by atoms with van der Waals surface area (Å²) in [7, 11) is -4.74. The van der Waals surface area contributed by atoms with Crippen molar-refractivity contribution in [1.82, 2.24) is 0 Å². The zero-order valence-corrected chi connectivity index (χ0v) is 27.8. The van der Waals surface area contributed by atoms with Gasteiger partial charge in [0, 0.05) is 12.8 Å². The zero-order chi connectivity index (χ0) is 31.2. The quantitative estimate of drug-likeness (QED) is 0.0341. The lowest BCUT2D eigenvalue weighted by Gasteiger charge is -2.18. The first kappa shape index (κ1) is 40.8. The highest BCUT2D eigenvalue weighted by molar-refractivity contribution is 7.46. The predicted octanol–water partition coefficient (Wildman–Crippen LogP) is 9.51. The van der Waals surface area contributed by atoms with Gasteiger partial charge in [-0.15, -0.1) is 0 Å². The summed E-state index contributed by atoms with van der Waals surface area (Å²) in [6.45, 7) is 3.63. The lowest BCUT2D eigenvalue weighted by molar-refractivity contribution is -0.161. The second-order valence-corrected chi connectivity index (χ2v) is 12.7. The maximum Gasteiger partial charge on any atom is 0.469 e. The highest BCUT2D eigenvalue weighted by Gasteiger charge is 2.22. The summed E-state index contributed by atoms with van der Waals surface area (Å²) in [6.07, 6.45) is 29.3. The maximum absolute atomic E-state index is 12.3. The molecule has 0 aliphatic carbocycles. The number of ether oxygens (including phenoxy) is 2. The minimum absolute atomic E-state index is 0.205. The van der Waals surface area contributed by atoms with Crippen LogP contribution in [0.15, 0.2) is 12.2 Å². The Kier molecular flexibility index (Phi) is 29.0. The van der Waals surface area contributed by atoms with E-state index in [-0.39, 0.29) is 19.4 Å². The molecule has 0 aliphatic heterocycles. The van der Waals surface area contributed by atoms with Crippen molar-refractivity contribution in [2.24, 2.45) is 0 Å². The van der Waals surface area contributed by atoms with Gasteiger partial charge >= 0.3 is 19.8 Å².